The second-order valence-electron chi connectivity index (χ2n) is 6.92. The van der Waals surface area contributed by atoms with Gasteiger partial charge in [-0.2, -0.15) is 0 Å². The minimum atomic E-state index is -0.775. The third-order valence-electron chi connectivity index (χ3n) is 4.90. The Labute approximate surface area is 165 Å². The van der Waals surface area contributed by atoms with Gasteiger partial charge in [0.05, 0.1) is 25.8 Å². The molecule has 0 amide bonds. The second-order valence-corrected chi connectivity index (χ2v) is 6.92. The molecule has 1 saturated heterocycles. The summed E-state index contributed by atoms with van der Waals surface area (Å²) in [5, 5.41) is 13.7. The lowest BCUT2D eigenvalue weighted by molar-refractivity contribution is -0.00839. The van der Waals surface area contributed by atoms with Crippen LogP contribution in [0.4, 0.5) is 4.39 Å². The van der Waals surface area contributed by atoms with Gasteiger partial charge in [-0.1, -0.05) is 36.4 Å². The van der Waals surface area contributed by atoms with E-state index in [1.54, 1.807) is 12.1 Å². The average molecular weight is 385 g/mol. The van der Waals surface area contributed by atoms with E-state index in [1.165, 1.54) is 23.3 Å². The molecule has 150 valence electrons. The first-order chi connectivity index (χ1) is 13.6. The number of benzene rings is 2. The van der Waals surface area contributed by atoms with Crippen molar-refractivity contribution >= 4 is 5.96 Å². The summed E-state index contributed by atoms with van der Waals surface area (Å²) in [6, 6.07) is 14.1. The van der Waals surface area contributed by atoms with Gasteiger partial charge in [0, 0.05) is 13.1 Å². The van der Waals surface area contributed by atoms with E-state index in [0.717, 1.165) is 19.0 Å². The predicted molar refractivity (Wildman–Crippen MR) is 109 cm³/mol. The normalized spacial score (nSPS) is 18.8. The van der Waals surface area contributed by atoms with Crippen LogP contribution in [0.25, 0.3) is 0 Å². The monoisotopic (exact) mass is 385 g/mol. The Hall–Kier alpha value is -2.44. The van der Waals surface area contributed by atoms with Crippen molar-refractivity contribution in [1.82, 2.24) is 10.2 Å². The number of hydrogen-bond donors (Lipinski definition) is 2. The highest BCUT2D eigenvalue weighted by molar-refractivity contribution is 5.80. The topological polar surface area (TPSA) is 57.1 Å². The van der Waals surface area contributed by atoms with Gasteiger partial charge in [-0.15, -0.1) is 0 Å². The predicted octanol–water partition coefficient (Wildman–Crippen LogP) is 3.21. The minimum Gasteiger partial charge on any atom is -0.386 e. The van der Waals surface area contributed by atoms with Crippen molar-refractivity contribution in [3.63, 3.8) is 0 Å². The zero-order chi connectivity index (χ0) is 19.9. The lowest BCUT2D eigenvalue weighted by atomic mass is 10.0. The number of ether oxygens (including phenoxy) is 1. The van der Waals surface area contributed by atoms with E-state index in [-0.39, 0.29) is 18.5 Å². The lowest BCUT2D eigenvalue weighted by Crippen LogP contribution is -2.48. The smallest absolute Gasteiger partial charge is 0.194 e. The summed E-state index contributed by atoms with van der Waals surface area (Å²) in [5.41, 5.74) is 3.05. The molecule has 2 N–H and O–H groups in total. The molecule has 0 radical (unpaired) electrons. The number of morpholine rings is 1. The molecule has 2 aromatic carbocycles. The quantitative estimate of drug-likeness (QED) is 0.613. The van der Waals surface area contributed by atoms with E-state index in [2.05, 4.69) is 34.3 Å². The molecule has 2 atom stereocenters. The summed E-state index contributed by atoms with van der Waals surface area (Å²) in [6.07, 6.45) is -0.789. The summed E-state index contributed by atoms with van der Waals surface area (Å²) in [6.45, 7) is 7.10. The molecule has 0 aliphatic carbocycles. The SMILES string of the molecule is CCNC(=NCC(O)c1ccc(F)cc1)N1CCOC(c2ccccc2C)C1. The Kier molecular flexibility index (Phi) is 7.01. The van der Waals surface area contributed by atoms with Crippen molar-refractivity contribution in [3.8, 4) is 0 Å². The number of aliphatic imine (C=N–C) groups is 1. The fraction of sp³-hybridized carbons (Fsp3) is 0.409. The van der Waals surface area contributed by atoms with Gasteiger partial charge in [-0.3, -0.25) is 4.99 Å². The van der Waals surface area contributed by atoms with E-state index < -0.39 is 6.10 Å². The number of guanidine groups is 1. The Balaban J connectivity index is 1.70. The van der Waals surface area contributed by atoms with Crippen LogP contribution in [-0.4, -0.2) is 48.8 Å². The number of halogens is 1. The van der Waals surface area contributed by atoms with Crippen LogP contribution in [0, 0.1) is 12.7 Å². The van der Waals surface area contributed by atoms with Crippen LogP contribution >= 0.6 is 0 Å². The van der Waals surface area contributed by atoms with Crippen molar-refractivity contribution < 1.29 is 14.2 Å². The van der Waals surface area contributed by atoms with Crippen LogP contribution in [0.2, 0.25) is 0 Å². The van der Waals surface area contributed by atoms with Crippen molar-refractivity contribution in [2.45, 2.75) is 26.1 Å². The molecule has 2 unspecified atom stereocenters. The molecular weight excluding hydrogens is 357 g/mol. The molecular formula is C22H28FN3O2. The molecule has 0 bridgehead atoms. The van der Waals surface area contributed by atoms with Crippen molar-refractivity contribution in [1.29, 1.82) is 0 Å². The van der Waals surface area contributed by atoms with Crippen molar-refractivity contribution in [2.75, 3.05) is 32.8 Å². The fourth-order valence-corrected chi connectivity index (χ4v) is 3.37. The molecule has 1 fully saturated rings. The zero-order valence-electron chi connectivity index (χ0n) is 16.4. The fourth-order valence-electron chi connectivity index (χ4n) is 3.37. The minimum absolute atomic E-state index is 0.0131. The van der Waals surface area contributed by atoms with Crippen LogP contribution in [-0.2, 0) is 4.74 Å². The van der Waals surface area contributed by atoms with E-state index in [9.17, 15) is 9.50 Å². The maximum Gasteiger partial charge on any atom is 0.194 e. The molecule has 3 rings (SSSR count). The Bertz CT molecular complexity index is 795. The Morgan fingerprint density at radius 2 is 2.04 bits per heavy atom. The van der Waals surface area contributed by atoms with Gasteiger partial charge in [0.2, 0.25) is 0 Å². The van der Waals surface area contributed by atoms with Gasteiger partial charge in [0.1, 0.15) is 11.9 Å². The molecule has 0 saturated carbocycles. The summed E-state index contributed by atoms with van der Waals surface area (Å²) < 4.78 is 19.1. The van der Waals surface area contributed by atoms with E-state index in [4.69, 9.17) is 4.74 Å². The number of nitrogens with one attached hydrogen (secondary N) is 1. The third kappa shape index (κ3) is 5.09. The highest BCUT2D eigenvalue weighted by atomic mass is 19.1. The number of rotatable bonds is 5. The molecule has 1 aliphatic heterocycles. The standard InChI is InChI=1S/C22H28FN3O2/c1-3-24-22(25-14-20(27)17-8-10-18(23)11-9-17)26-12-13-28-21(15-26)19-7-5-4-6-16(19)2/h4-11,20-21,27H,3,12-15H2,1-2H3,(H,24,25). The molecule has 2 aromatic rings. The van der Waals surface area contributed by atoms with Gasteiger partial charge in [-0.05, 0) is 42.7 Å². The number of aryl methyl sites for hydroxylation is 1. The van der Waals surface area contributed by atoms with E-state index >= 15 is 0 Å². The molecule has 5 nitrogen and oxygen atoms in total. The van der Waals surface area contributed by atoms with Crippen LogP contribution in [0.15, 0.2) is 53.5 Å². The highest BCUT2D eigenvalue weighted by Gasteiger charge is 2.25. The average Bonchev–Trinajstić information content (AvgIpc) is 2.72. The molecule has 1 heterocycles. The van der Waals surface area contributed by atoms with Crippen LogP contribution in [0.1, 0.15) is 35.8 Å². The van der Waals surface area contributed by atoms with Gasteiger partial charge >= 0.3 is 0 Å². The van der Waals surface area contributed by atoms with Gasteiger partial charge in [0.25, 0.3) is 0 Å². The highest BCUT2D eigenvalue weighted by Crippen LogP contribution is 2.25. The van der Waals surface area contributed by atoms with Crippen LogP contribution in [0.3, 0.4) is 0 Å². The van der Waals surface area contributed by atoms with Gasteiger partial charge in [-0.25, -0.2) is 4.39 Å². The molecule has 28 heavy (non-hydrogen) atoms. The van der Waals surface area contributed by atoms with E-state index in [1.807, 2.05) is 19.1 Å². The number of hydrogen-bond acceptors (Lipinski definition) is 3. The maximum atomic E-state index is 13.1. The maximum absolute atomic E-state index is 13.1. The largest absolute Gasteiger partial charge is 0.386 e. The zero-order valence-corrected chi connectivity index (χ0v) is 16.4. The van der Waals surface area contributed by atoms with Crippen LogP contribution in [0.5, 0.6) is 0 Å². The first-order valence-electron chi connectivity index (χ1n) is 9.72. The van der Waals surface area contributed by atoms with Crippen molar-refractivity contribution in [3.05, 3.63) is 71.0 Å². The summed E-state index contributed by atoms with van der Waals surface area (Å²) in [7, 11) is 0. The van der Waals surface area contributed by atoms with Gasteiger partial charge in [0.15, 0.2) is 5.96 Å². The first-order valence-corrected chi connectivity index (χ1v) is 9.72. The third-order valence-corrected chi connectivity index (χ3v) is 4.90. The molecule has 6 heteroatoms. The first kappa shape index (κ1) is 20.3. The van der Waals surface area contributed by atoms with Crippen molar-refractivity contribution in [2.24, 2.45) is 4.99 Å². The number of aliphatic hydroxyl groups excluding tert-OH is 1. The molecule has 0 aromatic heterocycles. The summed E-state index contributed by atoms with van der Waals surface area (Å²) in [4.78, 5) is 6.79. The molecule has 1 aliphatic rings. The summed E-state index contributed by atoms with van der Waals surface area (Å²) >= 11 is 0. The summed E-state index contributed by atoms with van der Waals surface area (Å²) in [5.74, 6) is 0.439. The number of nitrogens with zero attached hydrogens (tertiary/aromatic N) is 2. The van der Waals surface area contributed by atoms with Gasteiger partial charge < -0.3 is 20.1 Å². The second kappa shape index (κ2) is 9.66. The van der Waals surface area contributed by atoms with E-state index in [0.29, 0.717) is 18.7 Å². The lowest BCUT2D eigenvalue weighted by Gasteiger charge is -2.36. The van der Waals surface area contributed by atoms with Crippen LogP contribution < -0.4 is 5.32 Å². The Morgan fingerprint density at radius 3 is 2.75 bits per heavy atom. The molecule has 0 spiro atoms. The Morgan fingerprint density at radius 1 is 1.29 bits per heavy atom. The number of aliphatic hydroxyl groups is 1.